The molecule has 0 unspecified atom stereocenters. The first kappa shape index (κ1) is 22.2. The van der Waals surface area contributed by atoms with E-state index in [4.69, 9.17) is 4.42 Å². The van der Waals surface area contributed by atoms with E-state index in [0.717, 1.165) is 18.6 Å². The molecule has 0 radical (unpaired) electrons. The predicted molar refractivity (Wildman–Crippen MR) is 118 cm³/mol. The Kier molecular flexibility index (Phi) is 7.06. The van der Waals surface area contributed by atoms with Crippen LogP contribution in [-0.4, -0.2) is 36.7 Å². The fourth-order valence-corrected chi connectivity index (χ4v) is 5.08. The number of anilines is 1. The monoisotopic (exact) mass is 447 g/mol. The van der Waals surface area contributed by atoms with Crippen molar-refractivity contribution >= 4 is 32.4 Å². The Balaban J connectivity index is 1.70. The Morgan fingerprint density at radius 2 is 1.90 bits per heavy atom. The second-order valence-electron chi connectivity index (χ2n) is 6.78. The van der Waals surface area contributed by atoms with Crippen LogP contribution in [-0.2, 0) is 10.0 Å². The molecule has 0 saturated heterocycles. The van der Waals surface area contributed by atoms with Crippen molar-refractivity contribution in [1.82, 2.24) is 9.29 Å². The largest absolute Gasteiger partial charge is 0.460 e. The normalized spacial score (nSPS) is 11.7. The molecule has 0 aliphatic rings. The number of carbonyl (C=O) groups is 1. The van der Waals surface area contributed by atoms with Crippen LogP contribution in [0.4, 0.5) is 5.13 Å². The second kappa shape index (κ2) is 9.55. The number of unbranched alkanes of at least 4 members (excludes halogenated alkanes) is 1. The number of furan rings is 1. The van der Waals surface area contributed by atoms with Crippen molar-refractivity contribution in [3.8, 4) is 11.5 Å². The molecule has 9 heteroatoms. The lowest BCUT2D eigenvalue weighted by atomic mass is 10.2. The van der Waals surface area contributed by atoms with Crippen LogP contribution in [0.1, 0.15) is 42.8 Å². The summed E-state index contributed by atoms with van der Waals surface area (Å²) in [4.78, 5) is 17.1. The summed E-state index contributed by atoms with van der Waals surface area (Å²) >= 11 is 1.29. The molecular weight excluding hydrogens is 422 g/mol. The summed E-state index contributed by atoms with van der Waals surface area (Å²) in [6, 6.07) is 9.65. The number of rotatable bonds is 9. The lowest BCUT2D eigenvalue weighted by Gasteiger charge is -2.20. The maximum absolute atomic E-state index is 12.8. The Morgan fingerprint density at radius 1 is 1.17 bits per heavy atom. The smallest absolute Gasteiger partial charge is 0.257 e. The molecule has 3 rings (SSSR count). The molecule has 7 nitrogen and oxygen atoms in total. The number of amides is 1. The zero-order valence-electron chi connectivity index (χ0n) is 17.2. The summed E-state index contributed by atoms with van der Waals surface area (Å²) in [6.07, 6.45) is 1.73. The molecule has 0 atom stereocenters. The van der Waals surface area contributed by atoms with Gasteiger partial charge in [-0.1, -0.05) is 20.3 Å². The highest BCUT2D eigenvalue weighted by Gasteiger charge is 2.23. The van der Waals surface area contributed by atoms with Gasteiger partial charge in [0.1, 0.15) is 11.5 Å². The van der Waals surface area contributed by atoms with Gasteiger partial charge in [-0.15, -0.1) is 11.3 Å². The highest BCUT2D eigenvalue weighted by Crippen LogP contribution is 2.27. The first-order valence-corrected chi connectivity index (χ1v) is 12.1. The quantitative estimate of drug-likeness (QED) is 0.510. The number of nitrogens with one attached hydrogen (secondary N) is 1. The molecular formula is C21H25N3O4S2. The van der Waals surface area contributed by atoms with E-state index in [9.17, 15) is 13.2 Å². The zero-order chi connectivity index (χ0) is 21.7. The SMILES string of the molecule is CCCCN(CC)S(=O)(=O)c1ccc(C(=O)Nc2nc(-c3ccc(C)o3)cs2)cc1. The number of aryl methyl sites for hydroxylation is 1. The molecule has 160 valence electrons. The van der Waals surface area contributed by atoms with Crippen molar-refractivity contribution in [3.05, 3.63) is 53.1 Å². The third-order valence-corrected chi connectivity index (χ3v) is 7.33. The molecule has 1 aromatic carbocycles. The van der Waals surface area contributed by atoms with E-state index in [1.54, 1.807) is 5.38 Å². The third-order valence-electron chi connectivity index (χ3n) is 4.59. The Labute approximate surface area is 180 Å². The molecule has 30 heavy (non-hydrogen) atoms. The number of nitrogens with zero attached hydrogens (tertiary/aromatic N) is 2. The minimum Gasteiger partial charge on any atom is -0.460 e. The van der Waals surface area contributed by atoms with Gasteiger partial charge in [-0.25, -0.2) is 13.4 Å². The summed E-state index contributed by atoms with van der Waals surface area (Å²) in [5, 5.41) is 4.99. The predicted octanol–water partition coefficient (Wildman–Crippen LogP) is 4.77. The molecule has 0 aliphatic carbocycles. The van der Waals surface area contributed by atoms with Crippen LogP contribution in [0.3, 0.4) is 0 Å². The van der Waals surface area contributed by atoms with Gasteiger partial charge in [-0.3, -0.25) is 10.1 Å². The van der Waals surface area contributed by atoms with E-state index < -0.39 is 10.0 Å². The summed E-state index contributed by atoms with van der Waals surface area (Å²) in [7, 11) is -3.57. The van der Waals surface area contributed by atoms with Gasteiger partial charge in [0.05, 0.1) is 4.90 Å². The van der Waals surface area contributed by atoms with E-state index in [2.05, 4.69) is 10.3 Å². The lowest BCUT2D eigenvalue weighted by molar-refractivity contribution is 0.102. The molecule has 1 amide bonds. The number of aromatic nitrogens is 1. The van der Waals surface area contributed by atoms with Crippen LogP contribution >= 0.6 is 11.3 Å². The number of hydrogen-bond acceptors (Lipinski definition) is 6. The highest BCUT2D eigenvalue weighted by atomic mass is 32.2. The Morgan fingerprint density at radius 3 is 2.50 bits per heavy atom. The summed E-state index contributed by atoms with van der Waals surface area (Å²) < 4.78 is 32.6. The average molecular weight is 448 g/mol. The zero-order valence-corrected chi connectivity index (χ0v) is 18.8. The molecule has 2 heterocycles. The van der Waals surface area contributed by atoms with E-state index in [1.165, 1.54) is 39.9 Å². The van der Waals surface area contributed by atoms with E-state index in [-0.39, 0.29) is 10.8 Å². The Bertz CT molecular complexity index is 1100. The van der Waals surface area contributed by atoms with Gasteiger partial charge in [0.15, 0.2) is 10.9 Å². The molecule has 3 aromatic rings. The number of carbonyl (C=O) groups excluding carboxylic acids is 1. The fourth-order valence-electron chi connectivity index (χ4n) is 2.90. The summed E-state index contributed by atoms with van der Waals surface area (Å²) in [5.41, 5.74) is 1.01. The van der Waals surface area contributed by atoms with Gasteiger partial charge >= 0.3 is 0 Å². The van der Waals surface area contributed by atoms with Gasteiger partial charge in [-0.05, 0) is 49.7 Å². The van der Waals surface area contributed by atoms with Crippen molar-refractivity contribution in [2.45, 2.75) is 38.5 Å². The molecule has 0 aliphatic heterocycles. The van der Waals surface area contributed by atoms with Gasteiger partial charge in [0.2, 0.25) is 10.0 Å². The van der Waals surface area contributed by atoms with Crippen molar-refractivity contribution in [3.63, 3.8) is 0 Å². The molecule has 0 spiro atoms. The van der Waals surface area contributed by atoms with Gasteiger partial charge in [0, 0.05) is 24.0 Å². The maximum atomic E-state index is 12.8. The number of thiazole rings is 1. The molecule has 0 bridgehead atoms. The molecule has 1 N–H and O–H groups in total. The van der Waals surface area contributed by atoms with Crippen molar-refractivity contribution < 1.29 is 17.6 Å². The highest BCUT2D eigenvalue weighted by molar-refractivity contribution is 7.89. The minimum absolute atomic E-state index is 0.182. The van der Waals surface area contributed by atoms with Crippen LogP contribution in [0.25, 0.3) is 11.5 Å². The first-order chi connectivity index (χ1) is 14.3. The minimum atomic E-state index is -3.57. The molecule has 0 saturated carbocycles. The van der Waals surface area contributed by atoms with E-state index in [1.807, 2.05) is 32.9 Å². The van der Waals surface area contributed by atoms with E-state index in [0.29, 0.717) is 35.2 Å². The number of benzene rings is 1. The third kappa shape index (κ3) is 4.97. The van der Waals surface area contributed by atoms with Crippen LogP contribution in [0.15, 0.2) is 51.1 Å². The van der Waals surface area contributed by atoms with Crippen LogP contribution in [0, 0.1) is 6.92 Å². The van der Waals surface area contributed by atoms with Crippen molar-refractivity contribution in [2.75, 3.05) is 18.4 Å². The Hall–Kier alpha value is -2.49. The lowest BCUT2D eigenvalue weighted by Crippen LogP contribution is -2.31. The van der Waals surface area contributed by atoms with Gasteiger partial charge in [-0.2, -0.15) is 4.31 Å². The summed E-state index contributed by atoms with van der Waals surface area (Å²) in [5.74, 6) is 1.08. The topological polar surface area (TPSA) is 92.5 Å². The fraction of sp³-hybridized carbons (Fsp3) is 0.333. The molecule has 0 fully saturated rings. The second-order valence-corrected chi connectivity index (χ2v) is 9.57. The number of sulfonamides is 1. The van der Waals surface area contributed by atoms with Crippen molar-refractivity contribution in [2.24, 2.45) is 0 Å². The van der Waals surface area contributed by atoms with Crippen LogP contribution in [0.2, 0.25) is 0 Å². The number of hydrogen-bond donors (Lipinski definition) is 1. The van der Waals surface area contributed by atoms with Crippen molar-refractivity contribution in [1.29, 1.82) is 0 Å². The maximum Gasteiger partial charge on any atom is 0.257 e. The van der Waals surface area contributed by atoms with Crippen LogP contribution < -0.4 is 5.32 Å². The average Bonchev–Trinajstić information content (AvgIpc) is 3.37. The van der Waals surface area contributed by atoms with Crippen LogP contribution in [0.5, 0.6) is 0 Å². The summed E-state index contributed by atoms with van der Waals surface area (Å²) in [6.45, 7) is 6.59. The standard InChI is InChI=1S/C21H25N3O4S2/c1-4-6-13-24(5-2)30(26,27)17-10-8-16(9-11-17)20(25)23-21-22-18(14-29-21)19-12-7-15(3)28-19/h7-12,14H,4-6,13H2,1-3H3,(H,22,23,25). The molecule has 2 aromatic heterocycles. The van der Waals surface area contributed by atoms with Gasteiger partial charge in [0.25, 0.3) is 5.91 Å². The van der Waals surface area contributed by atoms with E-state index >= 15 is 0 Å². The van der Waals surface area contributed by atoms with Gasteiger partial charge < -0.3 is 4.42 Å². The first-order valence-electron chi connectivity index (χ1n) is 9.79.